The van der Waals surface area contributed by atoms with Crippen LogP contribution in [0, 0.1) is 5.92 Å². The van der Waals surface area contributed by atoms with E-state index in [1.807, 2.05) is 54.6 Å². The first-order valence-electron chi connectivity index (χ1n) is 15.7. The number of H-pyrrole nitrogens is 1. The molecule has 0 aliphatic heterocycles. The molecule has 254 valence electrons. The van der Waals surface area contributed by atoms with Crippen LogP contribution in [0.5, 0.6) is 0 Å². The molecule has 47 heavy (non-hydrogen) atoms. The van der Waals surface area contributed by atoms with Gasteiger partial charge in [-0.2, -0.15) is 13.2 Å². The standard InChI is InChI=1S/C34H41F3N4O6/c1-33(19-23-20-38-27-14-8-6-12-25(23)27,40-32(46)47-28-15-9-7-13-26(28)34(35,36)37)31(45)41(2)24(18-22-10-4-3-5-11-22)21-39-29(42)16-17-30(43)44/h3-6,8,10-12,14,20,24,26,28,38H,7,9,13,15-19,21H2,1-2H3,(H,39,42)(H,40,46)(H,43,44)/t24-,26?,28-,33-/m1/s1. The van der Waals surface area contributed by atoms with E-state index >= 15 is 0 Å². The van der Waals surface area contributed by atoms with Crippen molar-refractivity contribution in [1.29, 1.82) is 0 Å². The Bertz CT molecular complexity index is 1550. The number of hydrogen-bond donors (Lipinski definition) is 4. The number of nitrogens with zero attached hydrogens (tertiary/aromatic N) is 1. The topological polar surface area (TPSA) is 141 Å². The number of carboxylic acids is 1. The second-order valence-corrected chi connectivity index (χ2v) is 12.3. The van der Waals surface area contributed by atoms with Gasteiger partial charge in [-0.1, -0.05) is 55.0 Å². The molecule has 4 rings (SSSR count). The Balaban J connectivity index is 1.61. The van der Waals surface area contributed by atoms with E-state index in [4.69, 9.17) is 9.84 Å². The lowest BCUT2D eigenvalue weighted by atomic mass is 9.86. The quantitative estimate of drug-likeness (QED) is 0.195. The van der Waals surface area contributed by atoms with Gasteiger partial charge in [-0.05, 0) is 49.8 Å². The third kappa shape index (κ3) is 9.49. The second-order valence-electron chi connectivity index (χ2n) is 12.3. The number of ether oxygens (including phenoxy) is 1. The highest BCUT2D eigenvalue weighted by molar-refractivity contribution is 5.92. The summed E-state index contributed by atoms with van der Waals surface area (Å²) in [6.45, 7) is 1.49. The Morgan fingerprint density at radius 2 is 1.70 bits per heavy atom. The number of fused-ring (bicyclic) bond motifs is 1. The summed E-state index contributed by atoms with van der Waals surface area (Å²) in [7, 11) is 1.53. The van der Waals surface area contributed by atoms with Crippen LogP contribution in [0.25, 0.3) is 10.9 Å². The van der Waals surface area contributed by atoms with E-state index in [2.05, 4.69) is 15.6 Å². The van der Waals surface area contributed by atoms with Crippen LogP contribution >= 0.6 is 0 Å². The summed E-state index contributed by atoms with van der Waals surface area (Å²) in [5.41, 5.74) is 0.673. The molecule has 13 heteroatoms. The van der Waals surface area contributed by atoms with Crippen molar-refractivity contribution in [3.8, 4) is 0 Å². The second kappa shape index (κ2) is 15.4. The van der Waals surface area contributed by atoms with Crippen LogP contribution in [0.2, 0.25) is 0 Å². The van der Waals surface area contributed by atoms with E-state index in [-0.39, 0.29) is 38.6 Å². The number of hydrogen-bond acceptors (Lipinski definition) is 5. The lowest BCUT2D eigenvalue weighted by molar-refractivity contribution is -0.207. The molecule has 2 aromatic carbocycles. The molecule has 0 bridgehead atoms. The monoisotopic (exact) mass is 658 g/mol. The molecule has 1 heterocycles. The first-order chi connectivity index (χ1) is 22.3. The van der Waals surface area contributed by atoms with E-state index in [0.29, 0.717) is 24.8 Å². The number of benzene rings is 2. The van der Waals surface area contributed by atoms with Gasteiger partial charge in [0.1, 0.15) is 11.6 Å². The van der Waals surface area contributed by atoms with Crippen LogP contribution in [-0.4, -0.2) is 76.3 Å². The van der Waals surface area contributed by atoms with Gasteiger partial charge >= 0.3 is 18.2 Å². The van der Waals surface area contributed by atoms with E-state index in [1.165, 1.54) is 18.9 Å². The SMILES string of the molecule is CN(C(=O)[C@@](C)(Cc1c[nH]c2ccccc12)NC(=O)O[C@@H]1CCCCC1C(F)(F)F)[C@@H](CNC(=O)CCC(=O)O)Cc1ccccc1. The lowest BCUT2D eigenvalue weighted by Gasteiger charge is -2.38. The highest BCUT2D eigenvalue weighted by Gasteiger charge is 2.48. The number of carbonyl (C=O) groups excluding carboxylic acids is 3. The van der Waals surface area contributed by atoms with Crippen LogP contribution in [0.4, 0.5) is 18.0 Å². The van der Waals surface area contributed by atoms with Gasteiger partial charge in [-0.25, -0.2) is 4.79 Å². The van der Waals surface area contributed by atoms with Crippen molar-refractivity contribution in [2.45, 2.75) is 82.2 Å². The van der Waals surface area contributed by atoms with E-state index in [1.54, 1.807) is 6.20 Å². The number of aliphatic carboxylic acids is 1. The van der Waals surface area contributed by atoms with Gasteiger partial charge in [0.2, 0.25) is 11.8 Å². The number of halogens is 3. The minimum atomic E-state index is -4.53. The number of aromatic nitrogens is 1. The van der Waals surface area contributed by atoms with Crippen LogP contribution < -0.4 is 10.6 Å². The highest BCUT2D eigenvalue weighted by Crippen LogP contribution is 2.39. The molecule has 1 fully saturated rings. The smallest absolute Gasteiger partial charge is 0.408 e. The van der Waals surface area contributed by atoms with E-state index < -0.39 is 53.7 Å². The molecule has 10 nitrogen and oxygen atoms in total. The van der Waals surface area contributed by atoms with Crippen LogP contribution in [-0.2, 0) is 32.0 Å². The molecular formula is C34H41F3N4O6. The number of likely N-dealkylation sites (N-methyl/N-ethyl adjacent to an activating group) is 1. The number of nitrogens with one attached hydrogen (secondary N) is 3. The molecule has 1 unspecified atom stereocenters. The van der Waals surface area contributed by atoms with Crippen molar-refractivity contribution in [2.75, 3.05) is 13.6 Å². The van der Waals surface area contributed by atoms with Crippen molar-refractivity contribution in [3.05, 3.63) is 71.9 Å². The number of alkyl carbamates (subject to hydrolysis) is 1. The molecule has 3 aromatic rings. The van der Waals surface area contributed by atoms with E-state index in [0.717, 1.165) is 16.5 Å². The maximum absolute atomic E-state index is 14.4. The molecule has 1 aliphatic rings. The third-order valence-corrected chi connectivity index (χ3v) is 8.73. The van der Waals surface area contributed by atoms with Crippen molar-refractivity contribution in [2.24, 2.45) is 5.92 Å². The molecule has 3 amide bonds. The molecular weight excluding hydrogens is 617 g/mol. The Morgan fingerprint density at radius 3 is 2.40 bits per heavy atom. The predicted molar refractivity (Wildman–Crippen MR) is 168 cm³/mol. The average Bonchev–Trinajstić information content (AvgIpc) is 3.43. The summed E-state index contributed by atoms with van der Waals surface area (Å²) in [5, 5.41) is 15.1. The first-order valence-corrected chi connectivity index (χ1v) is 15.7. The fraction of sp³-hybridized carbons (Fsp3) is 0.471. The van der Waals surface area contributed by atoms with Crippen molar-refractivity contribution < 1.29 is 42.2 Å². The normalized spacial score (nSPS) is 18.5. The molecule has 1 saturated carbocycles. The summed E-state index contributed by atoms with van der Waals surface area (Å²) in [4.78, 5) is 55.7. The Morgan fingerprint density at radius 1 is 1.02 bits per heavy atom. The van der Waals surface area contributed by atoms with Gasteiger partial charge < -0.3 is 30.4 Å². The summed E-state index contributed by atoms with van der Waals surface area (Å²) >= 11 is 0. The van der Waals surface area contributed by atoms with Gasteiger partial charge in [0.25, 0.3) is 0 Å². The zero-order chi connectivity index (χ0) is 34.2. The molecule has 1 aliphatic carbocycles. The fourth-order valence-corrected chi connectivity index (χ4v) is 6.16. The van der Waals surface area contributed by atoms with Crippen molar-refractivity contribution >= 4 is 34.8 Å². The zero-order valence-corrected chi connectivity index (χ0v) is 26.4. The maximum atomic E-state index is 14.4. The average molecular weight is 659 g/mol. The summed E-state index contributed by atoms with van der Waals surface area (Å²) < 4.78 is 46.7. The van der Waals surface area contributed by atoms with E-state index in [9.17, 15) is 32.3 Å². The number of carboxylic acid groups (broad SMARTS) is 1. The van der Waals surface area contributed by atoms with Crippen molar-refractivity contribution in [3.63, 3.8) is 0 Å². The van der Waals surface area contributed by atoms with Crippen molar-refractivity contribution in [1.82, 2.24) is 20.5 Å². The fourth-order valence-electron chi connectivity index (χ4n) is 6.16. The van der Waals surface area contributed by atoms with Gasteiger partial charge in [-0.15, -0.1) is 0 Å². The summed E-state index contributed by atoms with van der Waals surface area (Å²) in [6, 6.07) is 16.0. The molecule has 0 spiro atoms. The Labute approximate surface area is 271 Å². The first kappa shape index (κ1) is 35.3. The van der Waals surface area contributed by atoms with Gasteiger partial charge in [0.15, 0.2) is 0 Å². The summed E-state index contributed by atoms with van der Waals surface area (Å²) in [5.74, 6) is -3.97. The predicted octanol–water partition coefficient (Wildman–Crippen LogP) is 5.37. The molecule has 4 N–H and O–H groups in total. The zero-order valence-electron chi connectivity index (χ0n) is 26.4. The number of amides is 3. The van der Waals surface area contributed by atoms with Gasteiger partial charge in [0, 0.05) is 43.5 Å². The van der Waals surface area contributed by atoms with Gasteiger partial charge in [0.05, 0.1) is 18.4 Å². The van der Waals surface area contributed by atoms with Crippen LogP contribution in [0.15, 0.2) is 60.8 Å². The summed E-state index contributed by atoms with van der Waals surface area (Å²) in [6.07, 6.45) is -4.84. The minimum absolute atomic E-state index is 0.0153. The van der Waals surface area contributed by atoms with Gasteiger partial charge in [-0.3, -0.25) is 14.4 Å². The molecule has 0 radical (unpaired) electrons. The number of carbonyl (C=O) groups is 4. The third-order valence-electron chi connectivity index (χ3n) is 8.73. The largest absolute Gasteiger partial charge is 0.481 e. The van der Waals surface area contributed by atoms with Crippen LogP contribution in [0.3, 0.4) is 0 Å². The van der Waals surface area contributed by atoms with Crippen LogP contribution in [0.1, 0.15) is 56.6 Å². The highest BCUT2D eigenvalue weighted by atomic mass is 19.4. The number of aromatic amines is 1. The maximum Gasteiger partial charge on any atom is 0.408 e. The molecule has 1 aromatic heterocycles. The number of para-hydroxylation sites is 1. The minimum Gasteiger partial charge on any atom is -0.481 e. The lowest BCUT2D eigenvalue weighted by Crippen LogP contribution is -2.61. The molecule has 0 saturated heterocycles. The molecule has 4 atom stereocenters. The number of alkyl halides is 3. The number of rotatable bonds is 13. The Hall–Kier alpha value is -4.55. The Kier molecular flexibility index (Phi) is 11.5.